The second kappa shape index (κ2) is 8.05. The number of nitrogens with one attached hydrogen (secondary N) is 1. The summed E-state index contributed by atoms with van der Waals surface area (Å²) in [5.41, 5.74) is 1.72. The highest BCUT2D eigenvalue weighted by molar-refractivity contribution is 7.07. The zero-order valence-corrected chi connectivity index (χ0v) is 16.7. The van der Waals surface area contributed by atoms with Gasteiger partial charge in [-0.25, -0.2) is 4.98 Å². The Kier molecular flexibility index (Phi) is 5.97. The number of rotatable bonds is 8. The Morgan fingerprint density at radius 2 is 2.27 bits per heavy atom. The van der Waals surface area contributed by atoms with Gasteiger partial charge in [0.25, 0.3) is 5.91 Å². The van der Waals surface area contributed by atoms with Crippen molar-refractivity contribution in [1.29, 1.82) is 0 Å². The molecule has 0 aliphatic carbocycles. The van der Waals surface area contributed by atoms with Gasteiger partial charge in [-0.15, -0.1) is 11.3 Å². The van der Waals surface area contributed by atoms with Gasteiger partial charge in [0.15, 0.2) is 0 Å². The van der Waals surface area contributed by atoms with Crippen LogP contribution in [-0.4, -0.2) is 54.0 Å². The van der Waals surface area contributed by atoms with Gasteiger partial charge < -0.3 is 15.0 Å². The fourth-order valence-corrected chi connectivity index (χ4v) is 5.08. The Balaban J connectivity index is 1.83. The highest BCUT2D eigenvalue weighted by atomic mass is 32.1. The van der Waals surface area contributed by atoms with Crippen molar-refractivity contribution in [3.05, 3.63) is 16.6 Å². The summed E-state index contributed by atoms with van der Waals surface area (Å²) in [6.45, 7) is 5.38. The van der Waals surface area contributed by atoms with Crippen molar-refractivity contribution in [2.45, 2.75) is 58.0 Å². The van der Waals surface area contributed by atoms with Gasteiger partial charge in [-0.05, 0) is 38.0 Å². The molecule has 26 heavy (non-hydrogen) atoms. The molecule has 3 heterocycles. The van der Waals surface area contributed by atoms with Gasteiger partial charge in [-0.1, -0.05) is 13.8 Å². The molecule has 0 unspecified atom stereocenters. The number of thiazole rings is 1. The summed E-state index contributed by atoms with van der Waals surface area (Å²) in [4.78, 5) is 32.3. The van der Waals surface area contributed by atoms with Gasteiger partial charge >= 0.3 is 0 Å². The van der Waals surface area contributed by atoms with E-state index in [-0.39, 0.29) is 23.9 Å². The van der Waals surface area contributed by atoms with Gasteiger partial charge in [0.05, 0.1) is 17.5 Å². The van der Waals surface area contributed by atoms with Crippen LogP contribution in [0.5, 0.6) is 0 Å². The van der Waals surface area contributed by atoms with E-state index in [1.165, 1.54) is 11.3 Å². The molecule has 7 heteroatoms. The van der Waals surface area contributed by atoms with Crippen LogP contribution in [0.3, 0.4) is 0 Å². The van der Waals surface area contributed by atoms with Crippen LogP contribution in [-0.2, 0) is 9.53 Å². The number of fused-ring (bicyclic) bond motifs is 2. The quantitative estimate of drug-likeness (QED) is 0.705. The first-order chi connectivity index (χ1) is 12.5. The first-order valence-corrected chi connectivity index (χ1v) is 10.4. The molecule has 0 spiro atoms. The maximum absolute atomic E-state index is 13.2. The van der Waals surface area contributed by atoms with E-state index >= 15 is 0 Å². The van der Waals surface area contributed by atoms with E-state index in [9.17, 15) is 9.59 Å². The Labute approximate surface area is 159 Å². The number of aromatic nitrogens is 1. The van der Waals surface area contributed by atoms with Crippen LogP contribution in [0.2, 0.25) is 0 Å². The molecule has 0 radical (unpaired) electrons. The van der Waals surface area contributed by atoms with Crippen LogP contribution >= 0.6 is 11.3 Å². The number of carbonyl (C=O) groups excluding carboxylic acids is 2. The van der Waals surface area contributed by atoms with E-state index in [1.807, 2.05) is 4.90 Å². The number of amides is 2. The molecule has 6 nitrogen and oxygen atoms in total. The third kappa shape index (κ3) is 3.51. The van der Waals surface area contributed by atoms with Crippen molar-refractivity contribution in [3.8, 4) is 0 Å². The Hall–Kier alpha value is -1.47. The Morgan fingerprint density at radius 1 is 1.46 bits per heavy atom. The lowest BCUT2D eigenvalue weighted by Crippen LogP contribution is -2.50. The van der Waals surface area contributed by atoms with Gasteiger partial charge in [-0.3, -0.25) is 9.59 Å². The Morgan fingerprint density at radius 3 is 2.92 bits per heavy atom. The Bertz CT molecular complexity index is 634. The topological polar surface area (TPSA) is 71.5 Å². The van der Waals surface area contributed by atoms with Gasteiger partial charge in [0.1, 0.15) is 5.69 Å². The number of nitrogens with zero attached hydrogens (tertiary/aromatic N) is 2. The van der Waals surface area contributed by atoms with Crippen LogP contribution in [0, 0.1) is 11.3 Å². The molecule has 1 aromatic rings. The largest absolute Gasteiger partial charge is 0.383 e. The lowest BCUT2D eigenvalue weighted by atomic mass is 9.69. The van der Waals surface area contributed by atoms with Crippen LogP contribution < -0.4 is 5.32 Å². The fraction of sp³-hybridized carbons (Fsp3) is 0.737. The first kappa shape index (κ1) is 19.3. The molecule has 1 aromatic heterocycles. The van der Waals surface area contributed by atoms with Crippen LogP contribution in [0.4, 0.5) is 0 Å². The van der Waals surface area contributed by atoms with E-state index in [4.69, 9.17) is 4.74 Å². The molecule has 2 fully saturated rings. The van der Waals surface area contributed by atoms with Crippen molar-refractivity contribution in [2.75, 3.05) is 20.3 Å². The molecule has 2 bridgehead atoms. The molecule has 144 valence electrons. The normalized spacial score (nSPS) is 27.3. The number of carbonyl (C=O) groups is 2. The van der Waals surface area contributed by atoms with Gasteiger partial charge in [0, 0.05) is 31.1 Å². The molecule has 3 rings (SSSR count). The zero-order chi connectivity index (χ0) is 18.7. The van der Waals surface area contributed by atoms with Crippen molar-refractivity contribution in [2.24, 2.45) is 11.3 Å². The van der Waals surface area contributed by atoms with Gasteiger partial charge in [-0.2, -0.15) is 0 Å². The van der Waals surface area contributed by atoms with E-state index in [1.54, 1.807) is 18.0 Å². The van der Waals surface area contributed by atoms with Crippen molar-refractivity contribution in [3.63, 3.8) is 0 Å². The lowest BCUT2D eigenvalue weighted by Gasteiger charge is -2.36. The highest BCUT2D eigenvalue weighted by Gasteiger charge is 2.60. The third-order valence-corrected chi connectivity index (χ3v) is 6.42. The van der Waals surface area contributed by atoms with Crippen molar-refractivity contribution < 1.29 is 14.3 Å². The molecule has 0 aromatic carbocycles. The molecule has 2 saturated heterocycles. The summed E-state index contributed by atoms with van der Waals surface area (Å²) in [6, 6.07) is 0.123. The zero-order valence-electron chi connectivity index (χ0n) is 15.9. The second-order valence-corrected chi connectivity index (χ2v) is 8.59. The van der Waals surface area contributed by atoms with Crippen LogP contribution in [0.1, 0.15) is 56.4 Å². The average molecular weight is 380 g/mol. The van der Waals surface area contributed by atoms with Crippen molar-refractivity contribution in [1.82, 2.24) is 15.2 Å². The first-order valence-electron chi connectivity index (χ1n) is 9.47. The summed E-state index contributed by atoms with van der Waals surface area (Å²) in [5.74, 6) is 0.591. The molecular weight excluding hydrogens is 350 g/mol. The maximum atomic E-state index is 13.2. The van der Waals surface area contributed by atoms with E-state index in [0.717, 1.165) is 32.1 Å². The molecule has 3 atom stereocenters. The number of ether oxygens (including phenoxy) is 1. The minimum Gasteiger partial charge on any atom is -0.383 e. The van der Waals surface area contributed by atoms with E-state index in [0.29, 0.717) is 24.8 Å². The lowest BCUT2D eigenvalue weighted by molar-refractivity contribution is -0.133. The summed E-state index contributed by atoms with van der Waals surface area (Å²) < 4.78 is 5.07. The van der Waals surface area contributed by atoms with Crippen molar-refractivity contribution >= 4 is 23.2 Å². The summed E-state index contributed by atoms with van der Waals surface area (Å²) in [6.07, 6.45) is 4.45. The predicted octanol–water partition coefficient (Wildman–Crippen LogP) is 2.71. The van der Waals surface area contributed by atoms with Gasteiger partial charge in [0.2, 0.25) is 5.91 Å². The molecule has 1 N–H and O–H groups in total. The average Bonchev–Trinajstić information content (AvgIpc) is 3.34. The summed E-state index contributed by atoms with van der Waals surface area (Å²) in [5, 5.41) is 4.85. The molecular formula is C19H29N3O3S. The highest BCUT2D eigenvalue weighted by Crippen LogP contribution is 2.53. The minimum atomic E-state index is -0.480. The number of hydrogen-bond donors (Lipinski definition) is 1. The summed E-state index contributed by atoms with van der Waals surface area (Å²) >= 11 is 1.43. The number of hydrogen-bond acceptors (Lipinski definition) is 5. The SMILES string of the molecule is COCCNC(=O)[C@@]1(CCC(C)C)C[C@H]2CC[C@@H]1N2C(=O)c1cscn1. The number of methoxy groups -OCH3 is 1. The smallest absolute Gasteiger partial charge is 0.273 e. The molecule has 2 amide bonds. The third-order valence-electron chi connectivity index (χ3n) is 5.84. The van der Waals surface area contributed by atoms with Crippen LogP contribution in [0.15, 0.2) is 10.9 Å². The fourth-order valence-electron chi connectivity index (χ4n) is 4.56. The van der Waals surface area contributed by atoms with E-state index in [2.05, 4.69) is 24.1 Å². The van der Waals surface area contributed by atoms with Crippen LogP contribution in [0.25, 0.3) is 0 Å². The molecule has 2 aliphatic heterocycles. The second-order valence-electron chi connectivity index (χ2n) is 7.87. The predicted molar refractivity (Wildman–Crippen MR) is 101 cm³/mol. The van der Waals surface area contributed by atoms with E-state index < -0.39 is 5.41 Å². The maximum Gasteiger partial charge on any atom is 0.273 e. The molecule has 2 aliphatic rings. The minimum absolute atomic E-state index is 0.0186. The standard InChI is InChI=1S/C19H29N3O3S/c1-13(2)6-7-19(18(24)20-8-9-25-3)10-14-4-5-16(19)22(14)17(23)15-11-26-12-21-15/h11-14,16H,4-10H2,1-3H3,(H,20,24)/t14-,16+,19+/m1/s1. The molecule has 0 saturated carbocycles. The monoisotopic (exact) mass is 379 g/mol. The summed E-state index contributed by atoms with van der Waals surface area (Å²) in [7, 11) is 1.63.